The van der Waals surface area contributed by atoms with Crippen molar-refractivity contribution in [3.63, 3.8) is 0 Å². The molecule has 8 nitrogen and oxygen atoms in total. The number of nitrogens with zero attached hydrogens (tertiary/aromatic N) is 4. The Morgan fingerprint density at radius 2 is 1.88 bits per heavy atom. The highest BCUT2D eigenvalue weighted by Gasteiger charge is 2.72. The number of imide groups is 1. The van der Waals surface area contributed by atoms with Crippen LogP contribution in [-0.4, -0.2) is 68.0 Å². The van der Waals surface area contributed by atoms with Crippen LogP contribution >= 0.6 is 23.7 Å². The number of aliphatic hydroxyl groups is 1. The summed E-state index contributed by atoms with van der Waals surface area (Å²) in [5.41, 5.74) is 1.08. The maximum Gasteiger partial charge on any atom is 0.394 e. The molecular formula is C28H28ClF3N4O4S. The van der Waals surface area contributed by atoms with E-state index < -0.39 is 24.6 Å². The van der Waals surface area contributed by atoms with Crippen LogP contribution < -0.4 is 0 Å². The number of carbonyl (C=O) groups excluding carboxylic acids is 3. The monoisotopic (exact) mass is 608 g/mol. The van der Waals surface area contributed by atoms with Crippen LogP contribution in [0.1, 0.15) is 46.8 Å². The van der Waals surface area contributed by atoms with Gasteiger partial charge in [-0.2, -0.15) is 13.2 Å². The summed E-state index contributed by atoms with van der Waals surface area (Å²) in [6, 6.07) is 4.65. The minimum Gasteiger partial charge on any atom is -0.391 e. The topological polar surface area (TPSA) is 104 Å². The molecule has 3 aromatic heterocycles. The molecule has 0 radical (unpaired) electrons. The van der Waals surface area contributed by atoms with Gasteiger partial charge in [-0.15, -0.1) is 23.7 Å². The second-order valence-electron chi connectivity index (χ2n) is 11.5. The second kappa shape index (κ2) is 10.0. The molecule has 218 valence electrons. The van der Waals surface area contributed by atoms with Crippen molar-refractivity contribution in [2.45, 2.75) is 52.4 Å². The van der Waals surface area contributed by atoms with Crippen LogP contribution in [0.2, 0.25) is 0 Å². The number of β-amino-alcohol motifs (C(OH)–C–C–N with tert-alkyl or cyclic N) is 1. The van der Waals surface area contributed by atoms with Gasteiger partial charge in [0.05, 0.1) is 58.1 Å². The summed E-state index contributed by atoms with van der Waals surface area (Å²) in [6.07, 6.45) is -4.49. The van der Waals surface area contributed by atoms with Gasteiger partial charge < -0.3 is 10.0 Å². The second-order valence-corrected chi connectivity index (χ2v) is 12.6. The third-order valence-corrected chi connectivity index (χ3v) is 9.38. The van der Waals surface area contributed by atoms with E-state index >= 15 is 0 Å². The molecule has 3 aromatic rings. The van der Waals surface area contributed by atoms with Gasteiger partial charge in [0.1, 0.15) is 0 Å². The van der Waals surface area contributed by atoms with Crippen molar-refractivity contribution < 1.29 is 32.7 Å². The number of halogens is 4. The summed E-state index contributed by atoms with van der Waals surface area (Å²) in [4.78, 5) is 51.5. The van der Waals surface area contributed by atoms with Gasteiger partial charge in [0.15, 0.2) is 0 Å². The lowest BCUT2D eigenvalue weighted by Crippen LogP contribution is -2.35. The lowest BCUT2D eigenvalue weighted by Gasteiger charge is -2.21. The molecule has 0 spiro atoms. The van der Waals surface area contributed by atoms with E-state index in [4.69, 9.17) is 0 Å². The molecule has 2 saturated heterocycles. The summed E-state index contributed by atoms with van der Waals surface area (Å²) >= 11 is 1.27. The van der Waals surface area contributed by atoms with E-state index in [0.29, 0.717) is 39.2 Å². The summed E-state index contributed by atoms with van der Waals surface area (Å²) in [6.45, 7) is 5.95. The van der Waals surface area contributed by atoms with Crippen molar-refractivity contribution in [1.82, 2.24) is 19.8 Å². The van der Waals surface area contributed by atoms with Crippen molar-refractivity contribution in [3.8, 4) is 11.3 Å². The predicted octanol–water partition coefficient (Wildman–Crippen LogP) is 4.54. The zero-order valence-electron chi connectivity index (χ0n) is 22.5. The number of aliphatic hydroxyl groups excluding tert-OH is 1. The summed E-state index contributed by atoms with van der Waals surface area (Å²) in [7, 11) is 0. The molecule has 41 heavy (non-hydrogen) atoms. The molecule has 2 unspecified atom stereocenters. The fourth-order valence-corrected chi connectivity index (χ4v) is 7.27. The minimum absolute atomic E-state index is 0. The van der Waals surface area contributed by atoms with Gasteiger partial charge in [-0.3, -0.25) is 29.3 Å². The Bertz CT molecular complexity index is 1570. The van der Waals surface area contributed by atoms with Crippen molar-refractivity contribution >= 4 is 51.7 Å². The molecule has 6 rings (SSSR count). The SMILES string of the molecule is Cc1cc(CC(F)(F)F)nc(-c2ccnc3cc(CN4C(=O)C5C(C4=O)C5(C)C)sc23)c1C(=O)N1CC[C@H](O)C1.Cl. The Hall–Kier alpha value is -3.09. The zero-order valence-corrected chi connectivity index (χ0v) is 24.1. The molecule has 1 aliphatic carbocycles. The molecule has 3 atom stereocenters. The van der Waals surface area contributed by atoms with Gasteiger partial charge in [0, 0.05) is 29.7 Å². The molecule has 0 bridgehead atoms. The number of pyridine rings is 2. The van der Waals surface area contributed by atoms with E-state index in [9.17, 15) is 32.7 Å². The summed E-state index contributed by atoms with van der Waals surface area (Å²) < 4.78 is 40.6. The Labute approximate surface area is 244 Å². The highest BCUT2D eigenvalue weighted by molar-refractivity contribution is 7.19. The third-order valence-electron chi connectivity index (χ3n) is 8.24. The van der Waals surface area contributed by atoms with Gasteiger partial charge in [0.2, 0.25) is 11.8 Å². The normalized spacial score (nSPS) is 23.2. The van der Waals surface area contributed by atoms with E-state index in [-0.39, 0.29) is 71.5 Å². The number of thiophene rings is 1. The fourth-order valence-electron chi connectivity index (χ4n) is 6.15. The standard InChI is InChI=1S/C28H27F3N4O4S.ClH/c1-13-8-14(10-28(29,30)31)33-22(19(13)24(37)34-7-5-15(36)11-34)17-4-6-32-18-9-16(40-23(17)18)12-35-25(38)20-21(26(35)39)27(20,2)3;/h4,6,8-9,15,20-21,36H,5,7,10-12H2,1-3H3;1H/t15-,20?,21?;/m0./s1. The Kier molecular flexibility index (Phi) is 7.19. The maximum absolute atomic E-state index is 13.6. The maximum atomic E-state index is 13.6. The van der Waals surface area contributed by atoms with Gasteiger partial charge >= 0.3 is 6.18 Å². The van der Waals surface area contributed by atoms with E-state index in [1.54, 1.807) is 19.1 Å². The molecule has 1 N–H and O–H groups in total. The average Bonchev–Trinajstić information content (AvgIpc) is 3.24. The highest BCUT2D eigenvalue weighted by atomic mass is 35.5. The Morgan fingerprint density at radius 3 is 2.49 bits per heavy atom. The number of hydrogen-bond donors (Lipinski definition) is 1. The highest BCUT2D eigenvalue weighted by Crippen LogP contribution is 2.63. The number of aromatic nitrogens is 2. The Morgan fingerprint density at radius 1 is 1.20 bits per heavy atom. The van der Waals surface area contributed by atoms with Gasteiger partial charge in [-0.25, -0.2) is 0 Å². The number of aryl methyl sites for hydroxylation is 1. The lowest BCUT2D eigenvalue weighted by atomic mass is 9.99. The zero-order chi connectivity index (χ0) is 28.7. The number of carbonyl (C=O) groups is 3. The number of rotatable bonds is 5. The number of amides is 3. The molecule has 13 heteroatoms. The molecule has 3 amide bonds. The summed E-state index contributed by atoms with van der Waals surface area (Å²) in [5.74, 6) is -1.40. The van der Waals surface area contributed by atoms with Crippen molar-refractivity contribution in [2.24, 2.45) is 17.3 Å². The van der Waals surface area contributed by atoms with Crippen molar-refractivity contribution in [1.29, 1.82) is 0 Å². The van der Waals surface area contributed by atoms with E-state index in [1.165, 1.54) is 33.4 Å². The first kappa shape index (κ1) is 29.4. The number of likely N-dealkylation sites (tertiary alicyclic amines) is 2. The van der Waals surface area contributed by atoms with Gasteiger partial charge in [-0.05, 0) is 42.5 Å². The van der Waals surface area contributed by atoms with Crippen LogP contribution in [0.25, 0.3) is 21.5 Å². The van der Waals surface area contributed by atoms with Crippen LogP contribution in [0.15, 0.2) is 24.4 Å². The molecule has 2 aliphatic heterocycles. The quantitative estimate of drug-likeness (QED) is 0.427. The number of fused-ring (bicyclic) bond motifs is 2. The van der Waals surface area contributed by atoms with Crippen LogP contribution in [0.4, 0.5) is 13.2 Å². The fraction of sp³-hybridized carbons (Fsp3) is 0.464. The molecule has 3 fully saturated rings. The molecule has 1 saturated carbocycles. The first-order valence-corrected chi connectivity index (χ1v) is 13.9. The smallest absolute Gasteiger partial charge is 0.391 e. The van der Waals surface area contributed by atoms with Crippen LogP contribution in [0.3, 0.4) is 0 Å². The molecule has 3 aliphatic rings. The van der Waals surface area contributed by atoms with E-state index in [1.807, 2.05) is 13.8 Å². The number of alkyl halides is 3. The summed E-state index contributed by atoms with van der Waals surface area (Å²) in [5, 5.41) is 9.98. The van der Waals surface area contributed by atoms with Crippen LogP contribution in [0, 0.1) is 24.2 Å². The largest absolute Gasteiger partial charge is 0.394 e. The van der Waals surface area contributed by atoms with E-state index in [0.717, 1.165) is 0 Å². The van der Waals surface area contributed by atoms with Crippen LogP contribution in [0.5, 0.6) is 0 Å². The van der Waals surface area contributed by atoms with Crippen molar-refractivity contribution in [2.75, 3.05) is 13.1 Å². The number of piperidine rings is 1. The van der Waals surface area contributed by atoms with Gasteiger partial charge in [-0.1, -0.05) is 13.8 Å². The first-order valence-electron chi connectivity index (χ1n) is 13.0. The number of hydrogen-bond acceptors (Lipinski definition) is 7. The third kappa shape index (κ3) is 4.99. The Balaban J connectivity index is 0.00000337. The lowest BCUT2D eigenvalue weighted by molar-refractivity contribution is -0.143. The molecule has 0 aromatic carbocycles. The first-order chi connectivity index (χ1) is 18.8. The molecule has 5 heterocycles. The van der Waals surface area contributed by atoms with E-state index in [2.05, 4.69) is 9.97 Å². The predicted molar refractivity (Wildman–Crippen MR) is 147 cm³/mol. The van der Waals surface area contributed by atoms with Crippen LogP contribution in [-0.2, 0) is 22.6 Å². The molecular weight excluding hydrogens is 581 g/mol. The average molecular weight is 609 g/mol. The van der Waals surface area contributed by atoms with Gasteiger partial charge in [0.25, 0.3) is 5.91 Å². The van der Waals surface area contributed by atoms with Crippen molar-refractivity contribution in [3.05, 3.63) is 46.1 Å². The minimum atomic E-state index is -4.49.